The first kappa shape index (κ1) is 23.4. The molecule has 4 aromatic rings. The molecule has 1 aromatic heterocycles. The van der Waals surface area contributed by atoms with Crippen molar-refractivity contribution in [1.82, 2.24) is 14.9 Å². The summed E-state index contributed by atoms with van der Waals surface area (Å²) >= 11 is 0. The molecule has 0 aliphatic rings. The third kappa shape index (κ3) is 5.76. The topological polar surface area (TPSA) is 65.4 Å². The Hall–Kier alpha value is -3.80. The van der Waals surface area contributed by atoms with Crippen molar-refractivity contribution in [3.05, 3.63) is 89.2 Å². The van der Waals surface area contributed by atoms with Crippen LogP contribution >= 0.6 is 0 Å². The van der Waals surface area contributed by atoms with E-state index < -0.39 is 0 Å². The smallest absolute Gasteiger partial charge is 0.251 e. The summed E-state index contributed by atoms with van der Waals surface area (Å²) in [6.07, 6.45) is 1.50. The van der Waals surface area contributed by atoms with Crippen molar-refractivity contribution in [3.63, 3.8) is 0 Å². The third-order valence-corrected chi connectivity index (χ3v) is 5.69. The Bertz CT molecular complexity index is 1260. The van der Waals surface area contributed by atoms with Gasteiger partial charge < -0.3 is 19.4 Å². The summed E-state index contributed by atoms with van der Waals surface area (Å²) in [5.41, 5.74) is 5.05. The second-order valence-corrected chi connectivity index (χ2v) is 8.43. The van der Waals surface area contributed by atoms with Crippen LogP contribution in [-0.2, 0) is 13.0 Å². The van der Waals surface area contributed by atoms with Gasteiger partial charge in [-0.15, -0.1) is 0 Å². The number of hydrogen-bond acceptors (Lipinski definition) is 4. The molecule has 0 radical (unpaired) electrons. The lowest BCUT2D eigenvalue weighted by Crippen LogP contribution is -2.26. The zero-order valence-corrected chi connectivity index (χ0v) is 20.0. The highest BCUT2D eigenvalue weighted by Crippen LogP contribution is 2.19. The fraction of sp³-hybridized carbons (Fsp3) is 0.286. The molecule has 0 unspecified atom stereocenters. The molecule has 34 heavy (non-hydrogen) atoms. The molecule has 6 heteroatoms. The Kier molecular flexibility index (Phi) is 7.48. The molecule has 0 bridgehead atoms. The number of benzene rings is 3. The minimum atomic E-state index is -0.122. The van der Waals surface area contributed by atoms with Gasteiger partial charge in [-0.05, 0) is 73.9 Å². The van der Waals surface area contributed by atoms with E-state index in [9.17, 15) is 4.79 Å². The number of aryl methyl sites for hydroxylation is 3. The Morgan fingerprint density at radius 3 is 2.56 bits per heavy atom. The number of nitrogens with zero attached hydrogens (tertiary/aromatic N) is 2. The fourth-order valence-electron chi connectivity index (χ4n) is 4.15. The van der Waals surface area contributed by atoms with Crippen LogP contribution in [-0.4, -0.2) is 35.7 Å². The maximum Gasteiger partial charge on any atom is 0.251 e. The number of methoxy groups -OCH3 is 1. The van der Waals surface area contributed by atoms with Gasteiger partial charge in [0, 0.05) is 25.1 Å². The maximum atomic E-state index is 12.5. The van der Waals surface area contributed by atoms with Gasteiger partial charge in [-0.3, -0.25) is 4.79 Å². The lowest BCUT2D eigenvalue weighted by atomic mass is 10.1. The first-order valence-corrected chi connectivity index (χ1v) is 11.6. The monoisotopic (exact) mass is 457 g/mol. The quantitative estimate of drug-likeness (QED) is 0.336. The summed E-state index contributed by atoms with van der Waals surface area (Å²) in [5.74, 6) is 2.41. The first-order chi connectivity index (χ1) is 16.5. The Morgan fingerprint density at radius 2 is 1.76 bits per heavy atom. The summed E-state index contributed by atoms with van der Waals surface area (Å²) < 4.78 is 13.4. The number of para-hydroxylation sites is 2. The van der Waals surface area contributed by atoms with Gasteiger partial charge in [0.1, 0.15) is 17.3 Å². The van der Waals surface area contributed by atoms with Crippen LogP contribution in [0.15, 0.2) is 66.7 Å². The average Bonchev–Trinajstić information content (AvgIpc) is 3.18. The van der Waals surface area contributed by atoms with Crippen LogP contribution < -0.4 is 14.8 Å². The van der Waals surface area contributed by atoms with E-state index in [-0.39, 0.29) is 5.91 Å². The zero-order chi connectivity index (χ0) is 23.9. The highest BCUT2D eigenvalue weighted by atomic mass is 16.5. The van der Waals surface area contributed by atoms with Gasteiger partial charge in [0.15, 0.2) is 0 Å². The van der Waals surface area contributed by atoms with Crippen LogP contribution in [0.2, 0.25) is 0 Å². The molecule has 0 aliphatic heterocycles. The van der Waals surface area contributed by atoms with Crippen molar-refractivity contribution < 1.29 is 14.3 Å². The van der Waals surface area contributed by atoms with Crippen molar-refractivity contribution in [1.29, 1.82) is 0 Å². The molecule has 0 fully saturated rings. The maximum absolute atomic E-state index is 12.5. The molecule has 0 spiro atoms. The van der Waals surface area contributed by atoms with E-state index >= 15 is 0 Å². The standard InChI is InChI=1S/C28H31N3O3/c1-20-16-21(2)18-24(17-20)34-15-7-14-31-26-11-5-4-10-25(26)30-27(31)12-13-29-28(32)22-8-6-9-23(19-22)33-3/h4-6,8-11,16-19H,7,12-15H2,1-3H3,(H,29,32). The number of carbonyl (C=O) groups is 1. The lowest BCUT2D eigenvalue weighted by Gasteiger charge is -2.12. The molecule has 1 N–H and O–H groups in total. The molecule has 3 aromatic carbocycles. The van der Waals surface area contributed by atoms with Gasteiger partial charge in [0.25, 0.3) is 5.91 Å². The zero-order valence-electron chi connectivity index (χ0n) is 20.0. The fourth-order valence-corrected chi connectivity index (χ4v) is 4.15. The van der Waals surface area contributed by atoms with Gasteiger partial charge in [-0.1, -0.05) is 24.3 Å². The van der Waals surface area contributed by atoms with Crippen molar-refractivity contribution >= 4 is 16.9 Å². The number of carbonyl (C=O) groups excluding carboxylic acids is 1. The minimum absolute atomic E-state index is 0.122. The number of ether oxygens (including phenoxy) is 2. The minimum Gasteiger partial charge on any atom is -0.497 e. The van der Waals surface area contributed by atoms with Crippen molar-refractivity contribution in [3.8, 4) is 11.5 Å². The molecular weight excluding hydrogens is 426 g/mol. The molecule has 0 aliphatic carbocycles. The van der Waals surface area contributed by atoms with Crippen molar-refractivity contribution in [2.75, 3.05) is 20.3 Å². The van der Waals surface area contributed by atoms with Gasteiger partial charge in [0.05, 0.1) is 24.8 Å². The number of aromatic nitrogens is 2. The predicted molar refractivity (Wildman–Crippen MR) is 135 cm³/mol. The van der Waals surface area contributed by atoms with Gasteiger partial charge in [-0.25, -0.2) is 4.98 Å². The molecule has 176 valence electrons. The third-order valence-electron chi connectivity index (χ3n) is 5.69. The molecule has 0 saturated heterocycles. The molecule has 0 saturated carbocycles. The van der Waals surface area contributed by atoms with Crippen LogP contribution in [0, 0.1) is 13.8 Å². The number of nitrogens with one attached hydrogen (secondary N) is 1. The summed E-state index contributed by atoms with van der Waals surface area (Å²) in [4.78, 5) is 17.4. The first-order valence-electron chi connectivity index (χ1n) is 11.6. The highest BCUT2D eigenvalue weighted by Gasteiger charge is 2.12. The molecule has 0 atom stereocenters. The van der Waals surface area contributed by atoms with E-state index in [4.69, 9.17) is 14.5 Å². The Morgan fingerprint density at radius 1 is 0.971 bits per heavy atom. The highest BCUT2D eigenvalue weighted by molar-refractivity contribution is 5.94. The van der Waals surface area contributed by atoms with Crippen molar-refractivity contribution in [2.24, 2.45) is 0 Å². The van der Waals surface area contributed by atoms with E-state index in [1.165, 1.54) is 11.1 Å². The van der Waals surface area contributed by atoms with Crippen LogP contribution in [0.3, 0.4) is 0 Å². The van der Waals surface area contributed by atoms with Crippen LogP contribution in [0.1, 0.15) is 33.7 Å². The van der Waals surface area contributed by atoms with Crippen LogP contribution in [0.5, 0.6) is 11.5 Å². The predicted octanol–water partition coefficient (Wildman–Crippen LogP) is 5.10. The van der Waals surface area contributed by atoms with Crippen LogP contribution in [0.25, 0.3) is 11.0 Å². The van der Waals surface area contributed by atoms with E-state index in [2.05, 4.69) is 48.0 Å². The second kappa shape index (κ2) is 10.9. The Balaban J connectivity index is 1.38. The van der Waals surface area contributed by atoms with Gasteiger partial charge in [-0.2, -0.15) is 0 Å². The normalized spacial score (nSPS) is 10.9. The second-order valence-electron chi connectivity index (χ2n) is 8.43. The summed E-state index contributed by atoms with van der Waals surface area (Å²) in [7, 11) is 1.59. The SMILES string of the molecule is COc1cccc(C(=O)NCCc2nc3ccccc3n2CCCOc2cc(C)cc(C)c2)c1. The largest absolute Gasteiger partial charge is 0.497 e. The van der Waals surface area contributed by atoms with E-state index in [1.807, 2.05) is 30.3 Å². The number of imidazole rings is 1. The summed E-state index contributed by atoms with van der Waals surface area (Å²) in [6.45, 7) is 6.08. The summed E-state index contributed by atoms with van der Waals surface area (Å²) in [5, 5.41) is 3.00. The summed E-state index contributed by atoms with van der Waals surface area (Å²) in [6, 6.07) is 21.6. The van der Waals surface area contributed by atoms with E-state index in [0.717, 1.165) is 35.6 Å². The van der Waals surface area contributed by atoms with Crippen molar-refractivity contribution in [2.45, 2.75) is 33.2 Å². The average molecular weight is 458 g/mol. The van der Waals surface area contributed by atoms with E-state index in [1.54, 1.807) is 19.2 Å². The van der Waals surface area contributed by atoms with Crippen LogP contribution in [0.4, 0.5) is 0 Å². The molecule has 6 nitrogen and oxygen atoms in total. The van der Waals surface area contributed by atoms with Gasteiger partial charge in [0.2, 0.25) is 0 Å². The molecule has 1 amide bonds. The lowest BCUT2D eigenvalue weighted by molar-refractivity contribution is 0.0953. The van der Waals surface area contributed by atoms with Gasteiger partial charge >= 0.3 is 0 Å². The molecule has 1 heterocycles. The number of rotatable bonds is 10. The molecule has 4 rings (SSSR count). The Labute approximate surface area is 200 Å². The molecular formula is C28H31N3O3. The number of amides is 1. The number of hydrogen-bond donors (Lipinski definition) is 1. The van der Waals surface area contributed by atoms with E-state index in [0.29, 0.717) is 30.9 Å². The number of fused-ring (bicyclic) bond motifs is 1.